The average Bonchev–Trinajstić information content (AvgIpc) is 2.36. The van der Waals surface area contributed by atoms with Crippen molar-refractivity contribution in [3.63, 3.8) is 0 Å². The van der Waals surface area contributed by atoms with Crippen molar-refractivity contribution in [3.05, 3.63) is 0 Å². The van der Waals surface area contributed by atoms with Gasteiger partial charge >= 0.3 is 0 Å². The van der Waals surface area contributed by atoms with Crippen LogP contribution in [0.25, 0.3) is 0 Å². The van der Waals surface area contributed by atoms with Crippen LogP contribution in [-0.4, -0.2) is 42.7 Å². The molecule has 6 heteroatoms. The van der Waals surface area contributed by atoms with E-state index in [1.165, 1.54) is 0 Å². The Morgan fingerprint density at radius 2 is 1.75 bits per heavy atom. The van der Waals surface area contributed by atoms with Crippen LogP contribution in [0.4, 0.5) is 0 Å². The highest BCUT2D eigenvalue weighted by Crippen LogP contribution is 2.17. The number of nitrogens with one attached hydrogen (secondary N) is 2. The van der Waals surface area contributed by atoms with Gasteiger partial charge in [0, 0.05) is 18.8 Å². The van der Waals surface area contributed by atoms with Crippen LogP contribution in [0.1, 0.15) is 40.5 Å². The van der Waals surface area contributed by atoms with Crippen LogP contribution in [0, 0.1) is 5.92 Å². The van der Waals surface area contributed by atoms with Gasteiger partial charge in [0.2, 0.25) is 11.8 Å². The third-order valence-electron chi connectivity index (χ3n) is 3.33. The van der Waals surface area contributed by atoms with Crippen molar-refractivity contribution in [3.8, 4) is 0 Å². The summed E-state index contributed by atoms with van der Waals surface area (Å²) in [6.45, 7) is 8.64. The molecule has 0 aromatic rings. The second-order valence-electron chi connectivity index (χ2n) is 6.45. The molecule has 0 aliphatic carbocycles. The Hall–Kier alpha value is -1.14. The number of carbonyl (C=O) groups excluding carboxylic acids is 2. The lowest BCUT2D eigenvalue weighted by atomic mass is 9.91. The molecule has 0 saturated carbocycles. The molecule has 0 aromatic heterocycles. The second-order valence-corrected chi connectivity index (χ2v) is 6.45. The van der Waals surface area contributed by atoms with Gasteiger partial charge in [-0.3, -0.25) is 9.59 Å². The Kier molecular flexibility index (Phi) is 5.95. The summed E-state index contributed by atoms with van der Waals surface area (Å²) in [5.74, 6) is -0.347. The van der Waals surface area contributed by atoms with Gasteiger partial charge in [0.1, 0.15) is 6.04 Å². The molecule has 1 fully saturated rings. The third-order valence-corrected chi connectivity index (χ3v) is 3.33. The highest BCUT2D eigenvalue weighted by atomic mass is 16.5. The zero-order valence-corrected chi connectivity index (χ0v) is 12.9. The molecule has 1 heterocycles. The minimum Gasteiger partial charge on any atom is -0.381 e. The molecule has 0 spiro atoms. The first-order valence-corrected chi connectivity index (χ1v) is 7.16. The zero-order chi connectivity index (χ0) is 15.3. The van der Waals surface area contributed by atoms with E-state index in [9.17, 15) is 9.59 Å². The van der Waals surface area contributed by atoms with Crippen molar-refractivity contribution in [2.75, 3.05) is 13.2 Å². The quantitative estimate of drug-likeness (QED) is 0.686. The normalized spacial score (nSPS) is 20.1. The average molecular weight is 285 g/mol. The van der Waals surface area contributed by atoms with E-state index >= 15 is 0 Å². The van der Waals surface area contributed by atoms with Crippen molar-refractivity contribution in [2.45, 2.75) is 58.2 Å². The third kappa shape index (κ3) is 5.46. The lowest BCUT2D eigenvalue weighted by Crippen LogP contribution is -2.55. The van der Waals surface area contributed by atoms with Gasteiger partial charge in [-0.2, -0.15) is 0 Å². The van der Waals surface area contributed by atoms with Crippen molar-refractivity contribution in [1.82, 2.24) is 10.6 Å². The lowest BCUT2D eigenvalue weighted by molar-refractivity contribution is -0.131. The maximum Gasteiger partial charge on any atom is 0.242 e. The standard InChI is InChI=1S/C14H27N3O3/c1-9(12(18)17-14(2,3)4)16-13(19)11(15)10-5-7-20-8-6-10/h9-11H,5-8,15H2,1-4H3,(H,16,19)(H,17,18). The minimum absolute atomic E-state index is 0.127. The van der Waals surface area contributed by atoms with Crippen molar-refractivity contribution >= 4 is 11.8 Å². The molecule has 1 aliphatic heterocycles. The Labute approximate surface area is 120 Å². The Bertz CT molecular complexity index is 346. The van der Waals surface area contributed by atoms with E-state index < -0.39 is 12.1 Å². The molecule has 2 amide bonds. The number of hydrogen-bond acceptors (Lipinski definition) is 4. The van der Waals surface area contributed by atoms with E-state index in [4.69, 9.17) is 10.5 Å². The van der Waals surface area contributed by atoms with Gasteiger partial charge in [-0.15, -0.1) is 0 Å². The van der Waals surface area contributed by atoms with Crippen molar-refractivity contribution in [1.29, 1.82) is 0 Å². The van der Waals surface area contributed by atoms with Crippen LogP contribution < -0.4 is 16.4 Å². The molecule has 20 heavy (non-hydrogen) atoms. The van der Waals surface area contributed by atoms with Crippen molar-refractivity contribution in [2.24, 2.45) is 11.7 Å². The molecular formula is C14H27N3O3. The van der Waals surface area contributed by atoms with Crippen molar-refractivity contribution < 1.29 is 14.3 Å². The zero-order valence-electron chi connectivity index (χ0n) is 12.9. The molecule has 1 rings (SSSR count). The Morgan fingerprint density at radius 1 is 1.20 bits per heavy atom. The molecule has 1 aliphatic rings. The molecule has 0 bridgehead atoms. The molecule has 116 valence electrons. The fourth-order valence-corrected chi connectivity index (χ4v) is 2.14. The first kappa shape index (κ1) is 16.9. The van der Waals surface area contributed by atoms with Gasteiger partial charge in [0.25, 0.3) is 0 Å². The van der Waals surface area contributed by atoms with Gasteiger partial charge in [0.15, 0.2) is 0 Å². The summed E-state index contributed by atoms with van der Waals surface area (Å²) in [7, 11) is 0. The monoisotopic (exact) mass is 285 g/mol. The first-order valence-electron chi connectivity index (χ1n) is 7.16. The minimum atomic E-state index is -0.590. The summed E-state index contributed by atoms with van der Waals surface area (Å²) in [6, 6.07) is -1.17. The van der Waals surface area contributed by atoms with Gasteiger partial charge in [-0.25, -0.2) is 0 Å². The number of nitrogens with two attached hydrogens (primary N) is 1. The molecule has 2 unspecified atom stereocenters. The van der Waals surface area contributed by atoms with E-state index in [0.717, 1.165) is 12.8 Å². The Balaban J connectivity index is 2.45. The van der Waals surface area contributed by atoms with Crippen LogP contribution in [0.3, 0.4) is 0 Å². The second kappa shape index (κ2) is 7.04. The molecule has 6 nitrogen and oxygen atoms in total. The van der Waals surface area contributed by atoms with E-state index in [2.05, 4.69) is 10.6 Å². The molecule has 4 N–H and O–H groups in total. The largest absolute Gasteiger partial charge is 0.381 e. The fraction of sp³-hybridized carbons (Fsp3) is 0.857. The highest BCUT2D eigenvalue weighted by molar-refractivity contribution is 5.89. The maximum absolute atomic E-state index is 12.1. The number of rotatable bonds is 4. The number of amides is 2. The van der Waals surface area contributed by atoms with Gasteiger partial charge in [-0.05, 0) is 46.5 Å². The Morgan fingerprint density at radius 3 is 2.25 bits per heavy atom. The molecular weight excluding hydrogens is 258 g/mol. The summed E-state index contributed by atoms with van der Waals surface area (Å²) in [4.78, 5) is 24.0. The summed E-state index contributed by atoms with van der Waals surface area (Å²) in [6.07, 6.45) is 1.58. The number of hydrogen-bond donors (Lipinski definition) is 3. The SMILES string of the molecule is CC(NC(=O)C(N)C1CCOCC1)C(=O)NC(C)(C)C. The van der Waals surface area contributed by atoms with Crippen LogP contribution in [0.15, 0.2) is 0 Å². The summed E-state index contributed by atoms with van der Waals surface area (Å²) >= 11 is 0. The number of ether oxygens (including phenoxy) is 1. The molecule has 0 radical (unpaired) electrons. The van der Waals surface area contributed by atoms with E-state index in [-0.39, 0.29) is 23.3 Å². The van der Waals surface area contributed by atoms with E-state index in [1.807, 2.05) is 20.8 Å². The predicted octanol–water partition coefficient (Wildman–Crippen LogP) is 0.160. The number of carbonyl (C=O) groups is 2. The topological polar surface area (TPSA) is 93.5 Å². The molecule has 0 aromatic carbocycles. The van der Waals surface area contributed by atoms with Gasteiger partial charge in [-0.1, -0.05) is 0 Å². The lowest BCUT2D eigenvalue weighted by Gasteiger charge is -2.28. The van der Waals surface area contributed by atoms with Gasteiger partial charge < -0.3 is 21.1 Å². The maximum atomic E-state index is 12.1. The van der Waals surface area contributed by atoms with E-state index in [1.54, 1.807) is 6.92 Å². The van der Waals surface area contributed by atoms with Crippen LogP contribution in [0.2, 0.25) is 0 Å². The van der Waals surface area contributed by atoms with Crippen LogP contribution >= 0.6 is 0 Å². The smallest absolute Gasteiger partial charge is 0.242 e. The van der Waals surface area contributed by atoms with E-state index in [0.29, 0.717) is 13.2 Å². The molecule has 2 atom stereocenters. The van der Waals surface area contributed by atoms with Crippen LogP contribution in [0.5, 0.6) is 0 Å². The summed E-state index contributed by atoms with van der Waals surface area (Å²) < 4.78 is 5.25. The summed E-state index contributed by atoms with van der Waals surface area (Å²) in [5, 5.41) is 5.51. The summed E-state index contributed by atoms with van der Waals surface area (Å²) in [5.41, 5.74) is 5.65. The van der Waals surface area contributed by atoms with Crippen LogP contribution in [-0.2, 0) is 14.3 Å². The van der Waals surface area contributed by atoms with Gasteiger partial charge in [0.05, 0.1) is 6.04 Å². The highest BCUT2D eigenvalue weighted by Gasteiger charge is 2.29. The fourth-order valence-electron chi connectivity index (χ4n) is 2.14. The molecule has 1 saturated heterocycles. The predicted molar refractivity (Wildman–Crippen MR) is 77.0 cm³/mol. The first-order chi connectivity index (χ1) is 9.20.